The Kier molecular flexibility index (Phi) is 5.52. The monoisotopic (exact) mass is 354 g/mol. The second-order valence-electron chi connectivity index (χ2n) is 5.61. The van der Waals surface area contributed by atoms with Crippen LogP contribution in [0, 0.1) is 0 Å². The van der Waals surface area contributed by atoms with Gasteiger partial charge in [0.2, 0.25) is 5.95 Å². The van der Waals surface area contributed by atoms with Crippen molar-refractivity contribution in [3.8, 4) is 17.3 Å². The standard InChI is InChI=1S/C18H22N6O2/c1-3-9-26-14-6-5-13(10-15(14)25-2)12-20-16-11-17(23-18(19)22-16)24-8-4-7-21-24/h4-8,10-11H,3,9,12H2,1-2H3,(H3,19,20,22,23). The Hall–Kier alpha value is -3.29. The minimum Gasteiger partial charge on any atom is -0.493 e. The second-order valence-corrected chi connectivity index (χ2v) is 5.61. The molecule has 0 fully saturated rings. The number of benzene rings is 1. The highest BCUT2D eigenvalue weighted by Gasteiger charge is 2.08. The number of hydrogen-bond donors (Lipinski definition) is 2. The summed E-state index contributed by atoms with van der Waals surface area (Å²) in [5.74, 6) is 2.85. The molecule has 0 bridgehead atoms. The van der Waals surface area contributed by atoms with E-state index < -0.39 is 0 Å². The molecule has 2 heterocycles. The number of rotatable bonds is 8. The molecule has 3 rings (SSSR count). The number of nitrogens with zero attached hydrogens (tertiary/aromatic N) is 4. The average Bonchev–Trinajstić information content (AvgIpc) is 3.19. The lowest BCUT2D eigenvalue weighted by atomic mass is 10.2. The number of ether oxygens (including phenoxy) is 2. The van der Waals surface area contributed by atoms with E-state index in [1.807, 2.05) is 24.3 Å². The molecule has 0 saturated carbocycles. The van der Waals surface area contributed by atoms with Crippen LogP contribution in [0.5, 0.6) is 11.5 Å². The quantitative estimate of drug-likeness (QED) is 0.641. The Bertz CT molecular complexity index is 851. The van der Waals surface area contributed by atoms with Crippen LogP contribution in [0.25, 0.3) is 5.82 Å². The van der Waals surface area contributed by atoms with Crippen LogP contribution in [-0.4, -0.2) is 33.5 Å². The molecule has 136 valence electrons. The molecule has 26 heavy (non-hydrogen) atoms. The molecule has 3 aromatic rings. The lowest BCUT2D eigenvalue weighted by Gasteiger charge is -2.13. The predicted molar refractivity (Wildman–Crippen MR) is 99.7 cm³/mol. The van der Waals surface area contributed by atoms with Gasteiger partial charge in [0.1, 0.15) is 5.82 Å². The van der Waals surface area contributed by atoms with E-state index in [0.717, 1.165) is 17.7 Å². The third kappa shape index (κ3) is 4.21. The molecule has 0 amide bonds. The lowest BCUT2D eigenvalue weighted by molar-refractivity contribution is 0.294. The van der Waals surface area contributed by atoms with Gasteiger partial charge in [-0.1, -0.05) is 13.0 Å². The zero-order valence-electron chi connectivity index (χ0n) is 14.8. The topological polar surface area (TPSA) is 100 Å². The first-order valence-corrected chi connectivity index (χ1v) is 8.37. The normalized spacial score (nSPS) is 10.5. The molecule has 0 atom stereocenters. The molecule has 0 spiro atoms. The molecular weight excluding hydrogens is 332 g/mol. The maximum Gasteiger partial charge on any atom is 0.224 e. The number of hydrogen-bond acceptors (Lipinski definition) is 7. The van der Waals surface area contributed by atoms with Gasteiger partial charge in [0.15, 0.2) is 17.3 Å². The number of nitrogen functional groups attached to an aromatic ring is 1. The maximum absolute atomic E-state index is 5.81. The number of nitrogens with two attached hydrogens (primary N) is 1. The molecule has 0 unspecified atom stereocenters. The number of aromatic nitrogens is 4. The van der Waals surface area contributed by atoms with E-state index in [-0.39, 0.29) is 5.95 Å². The van der Waals surface area contributed by atoms with E-state index in [0.29, 0.717) is 30.5 Å². The summed E-state index contributed by atoms with van der Waals surface area (Å²) in [7, 11) is 1.63. The zero-order valence-corrected chi connectivity index (χ0v) is 14.8. The minimum absolute atomic E-state index is 0.182. The van der Waals surface area contributed by atoms with Crippen LogP contribution in [0.4, 0.5) is 11.8 Å². The predicted octanol–water partition coefficient (Wildman–Crippen LogP) is 2.65. The Labute approximate surface area is 152 Å². The van der Waals surface area contributed by atoms with E-state index in [9.17, 15) is 0 Å². The first kappa shape index (κ1) is 17.5. The van der Waals surface area contributed by atoms with Gasteiger partial charge in [-0.15, -0.1) is 0 Å². The Morgan fingerprint density at radius 2 is 2.08 bits per heavy atom. The highest BCUT2D eigenvalue weighted by molar-refractivity contribution is 5.47. The van der Waals surface area contributed by atoms with Crippen molar-refractivity contribution in [1.82, 2.24) is 19.7 Å². The van der Waals surface area contributed by atoms with Crippen molar-refractivity contribution in [3.05, 3.63) is 48.3 Å². The van der Waals surface area contributed by atoms with Crippen LogP contribution in [0.2, 0.25) is 0 Å². The molecule has 1 aromatic carbocycles. The molecule has 0 aliphatic carbocycles. The molecule has 3 N–H and O–H groups in total. The van der Waals surface area contributed by atoms with Gasteiger partial charge >= 0.3 is 0 Å². The molecule has 2 aromatic heterocycles. The summed E-state index contributed by atoms with van der Waals surface area (Å²) in [5.41, 5.74) is 6.84. The van der Waals surface area contributed by atoms with Gasteiger partial charge in [-0.05, 0) is 30.2 Å². The molecule has 8 heteroatoms. The first-order chi connectivity index (χ1) is 12.7. The van der Waals surface area contributed by atoms with Crippen molar-refractivity contribution in [2.75, 3.05) is 24.8 Å². The first-order valence-electron chi connectivity index (χ1n) is 8.37. The smallest absolute Gasteiger partial charge is 0.224 e. The van der Waals surface area contributed by atoms with Gasteiger partial charge in [-0.25, -0.2) is 4.68 Å². The van der Waals surface area contributed by atoms with E-state index >= 15 is 0 Å². The number of nitrogens with one attached hydrogen (secondary N) is 1. The van der Waals surface area contributed by atoms with Crippen molar-refractivity contribution < 1.29 is 9.47 Å². The molecule has 0 radical (unpaired) electrons. The summed E-state index contributed by atoms with van der Waals surface area (Å²) in [5, 5.41) is 7.41. The van der Waals surface area contributed by atoms with Crippen LogP contribution >= 0.6 is 0 Å². The second kappa shape index (κ2) is 8.19. The minimum atomic E-state index is 0.182. The highest BCUT2D eigenvalue weighted by Crippen LogP contribution is 2.28. The summed E-state index contributed by atoms with van der Waals surface area (Å²) in [6.07, 6.45) is 4.42. The Balaban J connectivity index is 1.73. The average molecular weight is 354 g/mol. The largest absolute Gasteiger partial charge is 0.493 e. The van der Waals surface area contributed by atoms with Crippen LogP contribution in [0.3, 0.4) is 0 Å². The van der Waals surface area contributed by atoms with Gasteiger partial charge in [0, 0.05) is 25.0 Å². The van der Waals surface area contributed by atoms with Gasteiger partial charge in [-0.3, -0.25) is 0 Å². The summed E-state index contributed by atoms with van der Waals surface area (Å²) in [6, 6.07) is 9.45. The van der Waals surface area contributed by atoms with E-state index in [1.165, 1.54) is 0 Å². The van der Waals surface area contributed by atoms with Crippen molar-refractivity contribution in [3.63, 3.8) is 0 Å². The maximum atomic E-state index is 5.81. The number of anilines is 2. The molecule has 8 nitrogen and oxygen atoms in total. The van der Waals surface area contributed by atoms with Crippen molar-refractivity contribution in [2.24, 2.45) is 0 Å². The van der Waals surface area contributed by atoms with Crippen LogP contribution in [0.1, 0.15) is 18.9 Å². The molecule has 0 aliphatic rings. The summed E-state index contributed by atoms with van der Waals surface area (Å²) in [6.45, 7) is 3.28. The van der Waals surface area contributed by atoms with Gasteiger partial charge in [0.25, 0.3) is 0 Å². The zero-order chi connectivity index (χ0) is 18.4. The Morgan fingerprint density at radius 1 is 1.19 bits per heavy atom. The fraction of sp³-hybridized carbons (Fsp3) is 0.278. The molecule has 0 saturated heterocycles. The molecular formula is C18H22N6O2. The SMILES string of the molecule is CCCOc1ccc(CNc2cc(-n3cccn3)nc(N)n2)cc1OC. The summed E-state index contributed by atoms with van der Waals surface area (Å²) < 4.78 is 12.7. The van der Waals surface area contributed by atoms with E-state index in [1.54, 1.807) is 30.3 Å². The fourth-order valence-corrected chi connectivity index (χ4v) is 2.41. The third-order valence-corrected chi connectivity index (χ3v) is 3.63. The Morgan fingerprint density at radius 3 is 2.81 bits per heavy atom. The highest BCUT2D eigenvalue weighted by atomic mass is 16.5. The van der Waals surface area contributed by atoms with Crippen molar-refractivity contribution in [2.45, 2.75) is 19.9 Å². The summed E-state index contributed by atoms with van der Waals surface area (Å²) in [4.78, 5) is 8.41. The van der Waals surface area contributed by atoms with Crippen LogP contribution < -0.4 is 20.5 Å². The van der Waals surface area contributed by atoms with Crippen molar-refractivity contribution >= 4 is 11.8 Å². The van der Waals surface area contributed by atoms with E-state index in [4.69, 9.17) is 15.2 Å². The van der Waals surface area contributed by atoms with Crippen LogP contribution in [0.15, 0.2) is 42.7 Å². The van der Waals surface area contributed by atoms with Crippen LogP contribution in [-0.2, 0) is 6.54 Å². The third-order valence-electron chi connectivity index (χ3n) is 3.63. The number of methoxy groups -OCH3 is 1. The lowest BCUT2D eigenvalue weighted by Crippen LogP contribution is -2.08. The molecule has 0 aliphatic heterocycles. The van der Waals surface area contributed by atoms with Gasteiger partial charge in [0.05, 0.1) is 13.7 Å². The van der Waals surface area contributed by atoms with E-state index in [2.05, 4.69) is 27.3 Å². The fourth-order valence-electron chi connectivity index (χ4n) is 2.41. The van der Waals surface area contributed by atoms with Gasteiger partial charge < -0.3 is 20.5 Å². The van der Waals surface area contributed by atoms with Crippen molar-refractivity contribution in [1.29, 1.82) is 0 Å². The van der Waals surface area contributed by atoms with Gasteiger partial charge in [-0.2, -0.15) is 15.1 Å². The summed E-state index contributed by atoms with van der Waals surface area (Å²) >= 11 is 0.